The van der Waals surface area contributed by atoms with Crippen molar-refractivity contribution >= 4 is 27.5 Å². The molecule has 2 aromatic rings. The van der Waals surface area contributed by atoms with E-state index in [1.807, 2.05) is 18.2 Å². The van der Waals surface area contributed by atoms with E-state index in [1.54, 1.807) is 43.9 Å². The maximum absolute atomic E-state index is 13.1. The number of para-hydroxylation sites is 2. The summed E-state index contributed by atoms with van der Waals surface area (Å²) in [4.78, 5) is 26.8. The minimum atomic E-state index is -3.97. The van der Waals surface area contributed by atoms with E-state index in [2.05, 4.69) is 10.0 Å². The number of carbonyl (C=O) groups excluding carboxylic acids is 2. The number of fused-ring (bicyclic) bond motifs is 2. The molecule has 35 heavy (non-hydrogen) atoms. The van der Waals surface area contributed by atoms with Crippen LogP contribution >= 0.6 is 0 Å². The van der Waals surface area contributed by atoms with Gasteiger partial charge in [-0.2, -0.15) is 4.72 Å². The zero-order chi connectivity index (χ0) is 25.2. The molecule has 0 spiro atoms. The predicted octanol–water partition coefficient (Wildman–Crippen LogP) is 2.24. The molecule has 0 fully saturated rings. The van der Waals surface area contributed by atoms with Gasteiger partial charge < -0.3 is 19.7 Å². The second-order valence-corrected chi connectivity index (χ2v) is 10.7. The van der Waals surface area contributed by atoms with Crippen molar-refractivity contribution < 1.29 is 27.5 Å². The second-order valence-electron chi connectivity index (χ2n) is 9.03. The Morgan fingerprint density at radius 2 is 1.89 bits per heavy atom. The molecule has 2 aromatic carbocycles. The number of benzene rings is 2. The van der Waals surface area contributed by atoms with Crippen molar-refractivity contribution in [2.75, 3.05) is 24.6 Å². The molecule has 4 rings (SSSR count). The Morgan fingerprint density at radius 1 is 1.14 bits per heavy atom. The molecular formula is C25H31N3O6S. The molecule has 2 aliphatic heterocycles. The number of ether oxygens (including phenoxy) is 2. The van der Waals surface area contributed by atoms with Gasteiger partial charge in [-0.1, -0.05) is 32.9 Å². The van der Waals surface area contributed by atoms with E-state index in [0.717, 1.165) is 11.3 Å². The van der Waals surface area contributed by atoms with Gasteiger partial charge in [-0.05, 0) is 48.2 Å². The SMILES string of the molecule is CCC(=O)N1CCc2cc(S(=O)(=O)N[C@H](C(=O)NC[C@@H]3COc4ccccc4O3)C(C)C)ccc21. The van der Waals surface area contributed by atoms with Crippen LogP contribution in [0.5, 0.6) is 11.5 Å². The molecule has 2 atom stereocenters. The summed E-state index contributed by atoms with van der Waals surface area (Å²) < 4.78 is 40.4. The number of sulfonamides is 1. The number of hydrogen-bond acceptors (Lipinski definition) is 6. The lowest BCUT2D eigenvalue weighted by atomic mass is 10.1. The Morgan fingerprint density at radius 3 is 2.60 bits per heavy atom. The van der Waals surface area contributed by atoms with Crippen LogP contribution in [-0.2, 0) is 26.0 Å². The van der Waals surface area contributed by atoms with E-state index in [1.165, 1.54) is 6.07 Å². The van der Waals surface area contributed by atoms with Gasteiger partial charge in [-0.3, -0.25) is 9.59 Å². The van der Waals surface area contributed by atoms with E-state index in [-0.39, 0.29) is 36.0 Å². The Kier molecular flexibility index (Phi) is 7.32. The standard InChI is InChI=1S/C25H31N3O6S/c1-4-23(29)28-12-11-17-13-19(9-10-20(17)28)35(31,32)27-24(16(2)3)25(30)26-14-18-15-33-21-7-5-6-8-22(21)34-18/h5-10,13,16,18,24,27H,4,11-12,14-15H2,1-3H3,(H,26,30)/t18-,24+/m1/s1. The topological polar surface area (TPSA) is 114 Å². The van der Waals surface area contributed by atoms with Crippen LogP contribution in [0, 0.1) is 5.92 Å². The average Bonchev–Trinajstić information content (AvgIpc) is 3.28. The number of rotatable bonds is 8. The van der Waals surface area contributed by atoms with Gasteiger partial charge in [-0.25, -0.2) is 8.42 Å². The van der Waals surface area contributed by atoms with Crippen molar-refractivity contribution in [3.05, 3.63) is 48.0 Å². The zero-order valence-electron chi connectivity index (χ0n) is 20.1. The fourth-order valence-corrected chi connectivity index (χ4v) is 5.60. The third-order valence-corrected chi connectivity index (χ3v) is 7.60. The minimum absolute atomic E-state index is 0.00450. The van der Waals surface area contributed by atoms with Gasteiger partial charge in [0.2, 0.25) is 21.8 Å². The summed E-state index contributed by atoms with van der Waals surface area (Å²) in [6.45, 7) is 6.35. The maximum Gasteiger partial charge on any atom is 0.241 e. The largest absolute Gasteiger partial charge is 0.486 e. The van der Waals surface area contributed by atoms with E-state index in [0.29, 0.717) is 30.9 Å². The summed E-state index contributed by atoms with van der Waals surface area (Å²) in [6.07, 6.45) is 0.589. The number of nitrogens with zero attached hydrogens (tertiary/aromatic N) is 1. The van der Waals surface area contributed by atoms with Crippen LogP contribution in [0.2, 0.25) is 0 Å². The van der Waals surface area contributed by atoms with Gasteiger partial charge in [0.25, 0.3) is 0 Å². The lowest BCUT2D eigenvalue weighted by molar-refractivity contribution is -0.124. The molecule has 2 N–H and O–H groups in total. The molecule has 0 unspecified atom stereocenters. The molecule has 9 nitrogen and oxygen atoms in total. The Bertz CT molecular complexity index is 1210. The van der Waals surface area contributed by atoms with Crippen molar-refractivity contribution in [3.63, 3.8) is 0 Å². The normalized spacial score (nSPS) is 17.7. The zero-order valence-corrected chi connectivity index (χ0v) is 20.9. The van der Waals surface area contributed by atoms with Crippen molar-refractivity contribution in [2.24, 2.45) is 5.92 Å². The van der Waals surface area contributed by atoms with Crippen molar-refractivity contribution in [1.29, 1.82) is 0 Å². The van der Waals surface area contributed by atoms with Crippen molar-refractivity contribution in [3.8, 4) is 11.5 Å². The Balaban J connectivity index is 1.41. The molecule has 10 heteroatoms. The molecule has 0 bridgehead atoms. The van der Waals surface area contributed by atoms with Gasteiger partial charge in [-0.15, -0.1) is 0 Å². The third kappa shape index (κ3) is 5.43. The summed E-state index contributed by atoms with van der Waals surface area (Å²) in [5.74, 6) is 0.534. The van der Waals surface area contributed by atoms with Gasteiger partial charge in [0, 0.05) is 18.7 Å². The first-order chi connectivity index (χ1) is 16.7. The van der Waals surface area contributed by atoms with E-state index < -0.39 is 22.0 Å². The molecule has 188 valence electrons. The van der Waals surface area contributed by atoms with Crippen LogP contribution in [-0.4, -0.2) is 52.1 Å². The first kappa shape index (κ1) is 25.0. The highest BCUT2D eigenvalue weighted by molar-refractivity contribution is 7.89. The minimum Gasteiger partial charge on any atom is -0.486 e. The van der Waals surface area contributed by atoms with Crippen molar-refractivity contribution in [2.45, 2.75) is 50.7 Å². The molecule has 0 saturated carbocycles. The van der Waals surface area contributed by atoms with E-state index in [9.17, 15) is 18.0 Å². The monoisotopic (exact) mass is 501 g/mol. The molecule has 2 aliphatic rings. The second kappa shape index (κ2) is 10.2. The quantitative estimate of drug-likeness (QED) is 0.574. The summed E-state index contributed by atoms with van der Waals surface area (Å²) in [6, 6.07) is 11.0. The lowest BCUT2D eigenvalue weighted by Gasteiger charge is -2.28. The van der Waals surface area contributed by atoms with Crippen LogP contribution in [0.4, 0.5) is 5.69 Å². The maximum atomic E-state index is 13.1. The average molecular weight is 502 g/mol. The number of nitrogens with one attached hydrogen (secondary N) is 2. The van der Waals surface area contributed by atoms with Crippen LogP contribution in [0.25, 0.3) is 0 Å². The third-order valence-electron chi connectivity index (χ3n) is 6.16. The number of carbonyl (C=O) groups is 2. The highest BCUT2D eigenvalue weighted by atomic mass is 32.2. The predicted molar refractivity (Wildman–Crippen MR) is 131 cm³/mol. The highest BCUT2D eigenvalue weighted by Crippen LogP contribution is 2.32. The Labute approximate surface area is 205 Å². The molecule has 0 saturated heterocycles. The molecular weight excluding hydrogens is 470 g/mol. The first-order valence-electron chi connectivity index (χ1n) is 11.8. The fraction of sp³-hybridized carbons (Fsp3) is 0.440. The molecule has 0 aliphatic carbocycles. The van der Waals surface area contributed by atoms with Gasteiger partial charge >= 0.3 is 0 Å². The molecule has 2 heterocycles. The molecule has 2 amide bonds. The summed E-state index contributed by atoms with van der Waals surface area (Å²) in [5.41, 5.74) is 1.54. The van der Waals surface area contributed by atoms with Gasteiger partial charge in [0.05, 0.1) is 11.4 Å². The number of amides is 2. The van der Waals surface area contributed by atoms with Gasteiger partial charge in [0.15, 0.2) is 11.5 Å². The first-order valence-corrected chi connectivity index (χ1v) is 13.3. The number of hydrogen-bond donors (Lipinski definition) is 2. The van der Waals surface area contributed by atoms with E-state index in [4.69, 9.17) is 9.47 Å². The van der Waals surface area contributed by atoms with Gasteiger partial charge in [0.1, 0.15) is 18.8 Å². The lowest BCUT2D eigenvalue weighted by Crippen LogP contribution is -2.52. The highest BCUT2D eigenvalue weighted by Gasteiger charge is 2.31. The van der Waals surface area contributed by atoms with Crippen LogP contribution in [0.3, 0.4) is 0 Å². The fourth-order valence-electron chi connectivity index (χ4n) is 4.21. The molecule has 0 radical (unpaired) electrons. The smallest absolute Gasteiger partial charge is 0.241 e. The summed E-state index contributed by atoms with van der Waals surface area (Å²) in [5, 5.41) is 2.79. The number of anilines is 1. The van der Waals surface area contributed by atoms with E-state index >= 15 is 0 Å². The summed E-state index contributed by atoms with van der Waals surface area (Å²) >= 11 is 0. The van der Waals surface area contributed by atoms with Crippen LogP contribution in [0.15, 0.2) is 47.4 Å². The van der Waals surface area contributed by atoms with Crippen LogP contribution < -0.4 is 24.4 Å². The summed E-state index contributed by atoms with van der Waals surface area (Å²) in [7, 11) is -3.97. The van der Waals surface area contributed by atoms with Crippen molar-refractivity contribution in [1.82, 2.24) is 10.0 Å². The molecule has 0 aromatic heterocycles. The Hall–Kier alpha value is -3.11. The van der Waals surface area contributed by atoms with Crippen LogP contribution in [0.1, 0.15) is 32.8 Å².